The first kappa shape index (κ1) is 11.3. The first-order valence-corrected chi connectivity index (χ1v) is 6.87. The summed E-state index contributed by atoms with van der Waals surface area (Å²) >= 11 is 3.35. The van der Waals surface area contributed by atoms with Gasteiger partial charge in [0.1, 0.15) is 0 Å². The predicted molar refractivity (Wildman–Crippen MR) is 69.0 cm³/mol. The van der Waals surface area contributed by atoms with E-state index in [2.05, 4.69) is 26.1 Å². The van der Waals surface area contributed by atoms with Gasteiger partial charge in [-0.15, -0.1) is 0 Å². The van der Waals surface area contributed by atoms with Gasteiger partial charge in [0.15, 0.2) is 0 Å². The minimum Gasteiger partial charge on any atom is -0.333 e. The lowest BCUT2D eigenvalue weighted by Crippen LogP contribution is -2.47. The average Bonchev–Trinajstić information content (AvgIpc) is 2.85. The molecule has 0 aliphatic carbocycles. The zero-order chi connectivity index (χ0) is 11.8. The first-order valence-electron chi connectivity index (χ1n) is 6.07. The molecule has 5 heteroatoms. The third-order valence-corrected chi connectivity index (χ3v) is 4.15. The highest BCUT2D eigenvalue weighted by molar-refractivity contribution is 9.10. The molecule has 3 rings (SSSR count). The number of fused-ring (bicyclic) bond motifs is 2. The van der Waals surface area contributed by atoms with Gasteiger partial charge in [0.05, 0.1) is 0 Å². The predicted octanol–water partition coefficient (Wildman–Crippen LogP) is 1.90. The first-order chi connectivity index (χ1) is 8.20. The Labute approximate surface area is 109 Å². The van der Waals surface area contributed by atoms with E-state index in [1.807, 2.05) is 6.07 Å². The van der Waals surface area contributed by atoms with Crippen LogP contribution in [0.5, 0.6) is 0 Å². The molecule has 1 unspecified atom stereocenters. The summed E-state index contributed by atoms with van der Waals surface area (Å²) in [4.78, 5) is 14.4. The molecule has 1 aromatic heterocycles. The molecule has 2 aliphatic heterocycles. The fourth-order valence-electron chi connectivity index (χ4n) is 2.91. The highest BCUT2D eigenvalue weighted by Crippen LogP contribution is 2.26. The van der Waals surface area contributed by atoms with Crippen molar-refractivity contribution in [3.8, 4) is 0 Å². The van der Waals surface area contributed by atoms with E-state index < -0.39 is 0 Å². The Morgan fingerprint density at radius 3 is 3.06 bits per heavy atom. The fourth-order valence-corrected chi connectivity index (χ4v) is 3.25. The lowest BCUT2D eigenvalue weighted by Gasteiger charge is -2.30. The molecule has 1 N–H and O–H groups in total. The number of halogens is 1. The summed E-state index contributed by atoms with van der Waals surface area (Å²) in [6.45, 7) is 3.43. The molecule has 0 saturated carbocycles. The Morgan fingerprint density at radius 1 is 1.47 bits per heavy atom. The van der Waals surface area contributed by atoms with Crippen LogP contribution < -0.4 is 5.32 Å². The fraction of sp³-hybridized carbons (Fsp3) is 0.583. The summed E-state index contributed by atoms with van der Waals surface area (Å²) in [5.41, 5.74) is 0. The maximum Gasteiger partial charge on any atom is 0.325 e. The van der Waals surface area contributed by atoms with E-state index in [0.717, 1.165) is 23.4 Å². The second-order valence-electron chi connectivity index (χ2n) is 5.03. The molecule has 2 bridgehead atoms. The van der Waals surface area contributed by atoms with E-state index in [0.29, 0.717) is 6.04 Å². The number of carbonyl (C=O) groups excluding carboxylic acids is 1. The summed E-state index contributed by atoms with van der Waals surface area (Å²) < 4.78 is 2.52. The van der Waals surface area contributed by atoms with Gasteiger partial charge in [-0.3, -0.25) is 4.57 Å². The molecule has 17 heavy (non-hydrogen) atoms. The Kier molecular flexibility index (Phi) is 2.96. The maximum atomic E-state index is 12.0. The molecule has 3 heterocycles. The molecular formula is C12H16BrN3O. The van der Waals surface area contributed by atoms with Crippen LogP contribution in [0.3, 0.4) is 0 Å². The van der Waals surface area contributed by atoms with Gasteiger partial charge in [-0.2, -0.15) is 0 Å². The van der Waals surface area contributed by atoms with Crippen LogP contribution >= 0.6 is 15.9 Å². The number of nitrogens with one attached hydrogen (secondary N) is 1. The van der Waals surface area contributed by atoms with Crippen LogP contribution in [-0.4, -0.2) is 41.2 Å². The SMILES string of the molecule is O=C(N[C@@H]1C[C@H]2CCN(C2)C1)n1ccc(Br)c1. The molecule has 92 valence electrons. The molecule has 0 spiro atoms. The zero-order valence-corrected chi connectivity index (χ0v) is 11.2. The summed E-state index contributed by atoms with van der Waals surface area (Å²) in [6, 6.07) is 2.15. The topological polar surface area (TPSA) is 37.3 Å². The van der Waals surface area contributed by atoms with Gasteiger partial charge >= 0.3 is 6.03 Å². The van der Waals surface area contributed by atoms with Gasteiger partial charge in [-0.1, -0.05) is 0 Å². The number of carbonyl (C=O) groups is 1. The molecule has 2 fully saturated rings. The van der Waals surface area contributed by atoms with Gasteiger partial charge in [0, 0.05) is 36.0 Å². The van der Waals surface area contributed by atoms with Crippen molar-refractivity contribution in [2.24, 2.45) is 5.92 Å². The lowest BCUT2D eigenvalue weighted by atomic mass is 9.97. The van der Waals surface area contributed by atoms with Crippen LogP contribution in [0.2, 0.25) is 0 Å². The third kappa shape index (κ3) is 2.40. The molecule has 2 saturated heterocycles. The van der Waals surface area contributed by atoms with E-state index in [9.17, 15) is 4.79 Å². The van der Waals surface area contributed by atoms with Crippen LogP contribution in [0, 0.1) is 5.92 Å². The van der Waals surface area contributed by atoms with Crippen molar-refractivity contribution in [2.75, 3.05) is 19.6 Å². The maximum absolute atomic E-state index is 12.0. The smallest absolute Gasteiger partial charge is 0.325 e. The molecular weight excluding hydrogens is 282 g/mol. The number of hydrogen-bond acceptors (Lipinski definition) is 2. The van der Waals surface area contributed by atoms with E-state index in [1.54, 1.807) is 17.0 Å². The molecule has 3 atom stereocenters. The van der Waals surface area contributed by atoms with E-state index in [4.69, 9.17) is 0 Å². The molecule has 0 radical (unpaired) electrons. The van der Waals surface area contributed by atoms with E-state index in [-0.39, 0.29) is 6.03 Å². The number of amides is 1. The molecule has 0 aromatic carbocycles. The van der Waals surface area contributed by atoms with E-state index in [1.165, 1.54) is 19.5 Å². The van der Waals surface area contributed by atoms with Crippen LogP contribution in [0.25, 0.3) is 0 Å². The minimum atomic E-state index is -0.0248. The molecule has 4 nitrogen and oxygen atoms in total. The number of nitrogens with zero attached hydrogens (tertiary/aromatic N) is 2. The van der Waals surface area contributed by atoms with Crippen molar-refractivity contribution < 1.29 is 4.79 Å². The monoisotopic (exact) mass is 297 g/mol. The molecule has 2 aliphatic rings. The lowest BCUT2D eigenvalue weighted by molar-refractivity contribution is 0.206. The van der Waals surface area contributed by atoms with Crippen molar-refractivity contribution in [2.45, 2.75) is 18.9 Å². The molecule has 1 amide bonds. The highest BCUT2D eigenvalue weighted by Gasteiger charge is 2.32. The number of aromatic nitrogens is 1. The second-order valence-corrected chi connectivity index (χ2v) is 5.95. The Hall–Kier alpha value is -0.810. The average molecular weight is 298 g/mol. The third-order valence-electron chi connectivity index (χ3n) is 3.69. The minimum absolute atomic E-state index is 0.0248. The Morgan fingerprint density at radius 2 is 2.35 bits per heavy atom. The van der Waals surface area contributed by atoms with Crippen molar-refractivity contribution in [1.29, 1.82) is 0 Å². The zero-order valence-electron chi connectivity index (χ0n) is 9.60. The van der Waals surface area contributed by atoms with Gasteiger partial charge < -0.3 is 10.2 Å². The van der Waals surface area contributed by atoms with Crippen LogP contribution in [0.1, 0.15) is 12.8 Å². The van der Waals surface area contributed by atoms with Gasteiger partial charge in [0.25, 0.3) is 0 Å². The van der Waals surface area contributed by atoms with Crippen molar-refractivity contribution >= 4 is 22.0 Å². The van der Waals surface area contributed by atoms with Gasteiger partial charge in [0.2, 0.25) is 0 Å². The van der Waals surface area contributed by atoms with Crippen molar-refractivity contribution in [3.05, 3.63) is 22.9 Å². The second kappa shape index (κ2) is 4.46. The normalized spacial score (nSPS) is 31.5. The molecule has 1 aromatic rings. The number of hydrogen-bond donors (Lipinski definition) is 1. The summed E-state index contributed by atoms with van der Waals surface area (Å²) in [5, 5.41) is 3.11. The van der Waals surface area contributed by atoms with Crippen LogP contribution in [0.4, 0.5) is 4.79 Å². The van der Waals surface area contributed by atoms with Gasteiger partial charge in [-0.25, -0.2) is 4.79 Å². The Balaban J connectivity index is 1.62. The quantitative estimate of drug-likeness (QED) is 0.860. The number of rotatable bonds is 1. The largest absolute Gasteiger partial charge is 0.333 e. The summed E-state index contributed by atoms with van der Waals surface area (Å²) in [6.07, 6.45) is 5.98. The highest BCUT2D eigenvalue weighted by atomic mass is 79.9. The van der Waals surface area contributed by atoms with Crippen molar-refractivity contribution in [3.63, 3.8) is 0 Å². The van der Waals surface area contributed by atoms with Crippen LogP contribution in [-0.2, 0) is 0 Å². The van der Waals surface area contributed by atoms with Crippen molar-refractivity contribution in [1.82, 2.24) is 14.8 Å². The standard InChI is InChI=1S/C12H16BrN3O/c13-10-2-4-16(7-10)12(17)14-11-5-9-1-3-15(6-9)8-11/h2,4,7,9,11H,1,3,5-6,8H2,(H,14,17)/t9-,11-/m1/s1. The van der Waals surface area contributed by atoms with Gasteiger partial charge in [-0.05, 0) is 47.3 Å². The van der Waals surface area contributed by atoms with Crippen LogP contribution in [0.15, 0.2) is 22.9 Å². The number of piperidine rings is 1. The van der Waals surface area contributed by atoms with E-state index >= 15 is 0 Å². The summed E-state index contributed by atoms with van der Waals surface area (Å²) in [7, 11) is 0. The Bertz CT molecular complexity index is 419. The summed E-state index contributed by atoms with van der Waals surface area (Å²) in [5.74, 6) is 0.783.